The van der Waals surface area contributed by atoms with Crippen LogP contribution in [0.4, 0.5) is 0 Å². The smallest absolute Gasteiger partial charge is 0.119 e. The van der Waals surface area contributed by atoms with E-state index in [4.69, 9.17) is 4.74 Å². The molecule has 2 aromatic carbocycles. The van der Waals surface area contributed by atoms with Crippen molar-refractivity contribution in [2.45, 2.75) is 25.3 Å². The maximum Gasteiger partial charge on any atom is 0.119 e. The number of nitrogens with one attached hydrogen (secondary N) is 1. The second kappa shape index (κ2) is 6.77. The van der Waals surface area contributed by atoms with Crippen molar-refractivity contribution in [1.29, 1.82) is 0 Å². The number of piperidine rings is 1. The predicted octanol–water partition coefficient (Wildman–Crippen LogP) is 3.98. The van der Waals surface area contributed by atoms with Crippen LogP contribution in [0.15, 0.2) is 54.6 Å². The van der Waals surface area contributed by atoms with Crippen molar-refractivity contribution >= 4 is 0 Å². The number of hydrogen-bond donors (Lipinski definition) is 1. The monoisotopic (exact) mass is 281 g/mol. The molecule has 0 aliphatic carbocycles. The normalized spacial score (nSPS) is 22.0. The highest BCUT2D eigenvalue weighted by molar-refractivity contribution is 5.29. The summed E-state index contributed by atoms with van der Waals surface area (Å²) >= 11 is 0. The largest absolute Gasteiger partial charge is 0.497 e. The number of benzene rings is 2. The third kappa shape index (κ3) is 3.45. The van der Waals surface area contributed by atoms with Crippen LogP contribution in [-0.4, -0.2) is 13.7 Å². The van der Waals surface area contributed by atoms with Crippen molar-refractivity contribution in [3.05, 3.63) is 65.7 Å². The zero-order valence-corrected chi connectivity index (χ0v) is 12.6. The standard InChI is InChI=1S/C19H23NO/c1-21-18-11-5-7-15(14-18)13-17-10-6-12-20-19(17)16-8-3-2-4-9-16/h2-5,7-9,11,14,17,19-20H,6,10,12-13H2,1H3/t17-,19-/m1/s1. The lowest BCUT2D eigenvalue weighted by Crippen LogP contribution is -2.35. The van der Waals surface area contributed by atoms with Crippen LogP contribution in [0.2, 0.25) is 0 Å². The zero-order valence-electron chi connectivity index (χ0n) is 12.6. The minimum atomic E-state index is 0.464. The van der Waals surface area contributed by atoms with Gasteiger partial charge < -0.3 is 10.1 Å². The molecule has 0 bridgehead atoms. The molecule has 2 nitrogen and oxygen atoms in total. The van der Waals surface area contributed by atoms with Crippen LogP contribution in [-0.2, 0) is 6.42 Å². The number of ether oxygens (including phenoxy) is 1. The molecule has 2 atom stereocenters. The number of rotatable bonds is 4. The van der Waals surface area contributed by atoms with E-state index < -0.39 is 0 Å². The van der Waals surface area contributed by atoms with Crippen molar-refractivity contribution in [2.75, 3.05) is 13.7 Å². The van der Waals surface area contributed by atoms with E-state index in [0.29, 0.717) is 12.0 Å². The Morgan fingerprint density at radius 2 is 1.95 bits per heavy atom. The van der Waals surface area contributed by atoms with E-state index in [1.807, 2.05) is 6.07 Å². The summed E-state index contributed by atoms with van der Waals surface area (Å²) in [5.74, 6) is 1.60. The Balaban J connectivity index is 1.78. The average molecular weight is 281 g/mol. The van der Waals surface area contributed by atoms with Gasteiger partial charge in [-0.2, -0.15) is 0 Å². The van der Waals surface area contributed by atoms with E-state index >= 15 is 0 Å². The van der Waals surface area contributed by atoms with Crippen LogP contribution in [0.1, 0.15) is 30.0 Å². The molecule has 2 aromatic rings. The van der Waals surface area contributed by atoms with Gasteiger partial charge in [-0.25, -0.2) is 0 Å². The minimum absolute atomic E-state index is 0.464. The van der Waals surface area contributed by atoms with Gasteiger partial charge in [0, 0.05) is 6.04 Å². The van der Waals surface area contributed by atoms with Crippen LogP contribution in [0.5, 0.6) is 5.75 Å². The molecule has 1 saturated heterocycles. The minimum Gasteiger partial charge on any atom is -0.497 e. The van der Waals surface area contributed by atoms with Crippen molar-refractivity contribution in [2.24, 2.45) is 5.92 Å². The molecule has 1 aliphatic rings. The summed E-state index contributed by atoms with van der Waals surface area (Å²) < 4.78 is 5.34. The average Bonchev–Trinajstić information content (AvgIpc) is 2.56. The van der Waals surface area contributed by atoms with Gasteiger partial charge in [0.15, 0.2) is 0 Å². The Bertz CT molecular complexity index is 567. The molecule has 0 unspecified atom stereocenters. The summed E-state index contributed by atoms with van der Waals surface area (Å²) in [5.41, 5.74) is 2.77. The summed E-state index contributed by atoms with van der Waals surface area (Å²) in [4.78, 5) is 0. The SMILES string of the molecule is COc1cccc(C[C@H]2CCCN[C@@H]2c2ccccc2)c1. The topological polar surface area (TPSA) is 21.3 Å². The fourth-order valence-electron chi connectivity index (χ4n) is 3.33. The molecule has 0 spiro atoms. The first-order valence-electron chi connectivity index (χ1n) is 7.78. The molecule has 0 amide bonds. The van der Waals surface area contributed by atoms with Crippen LogP contribution < -0.4 is 10.1 Å². The van der Waals surface area contributed by atoms with Gasteiger partial charge in [-0.3, -0.25) is 0 Å². The molecular weight excluding hydrogens is 258 g/mol. The van der Waals surface area contributed by atoms with Crippen molar-refractivity contribution in [3.63, 3.8) is 0 Å². The van der Waals surface area contributed by atoms with Gasteiger partial charge in [0.25, 0.3) is 0 Å². The second-order valence-corrected chi connectivity index (χ2v) is 5.80. The molecule has 21 heavy (non-hydrogen) atoms. The van der Waals surface area contributed by atoms with Crippen molar-refractivity contribution in [3.8, 4) is 5.75 Å². The molecular formula is C19H23NO. The van der Waals surface area contributed by atoms with Gasteiger partial charge >= 0.3 is 0 Å². The molecule has 1 aliphatic heterocycles. The molecule has 2 heteroatoms. The third-order valence-electron chi connectivity index (χ3n) is 4.38. The van der Waals surface area contributed by atoms with Crippen LogP contribution in [0.25, 0.3) is 0 Å². The van der Waals surface area contributed by atoms with Gasteiger partial charge in [-0.15, -0.1) is 0 Å². The first kappa shape index (κ1) is 14.2. The van der Waals surface area contributed by atoms with Crippen molar-refractivity contribution in [1.82, 2.24) is 5.32 Å². The third-order valence-corrected chi connectivity index (χ3v) is 4.38. The first-order valence-corrected chi connectivity index (χ1v) is 7.78. The predicted molar refractivity (Wildman–Crippen MR) is 86.6 cm³/mol. The number of hydrogen-bond acceptors (Lipinski definition) is 2. The van der Waals surface area contributed by atoms with Gasteiger partial charge in [0.05, 0.1) is 7.11 Å². The van der Waals surface area contributed by atoms with Gasteiger partial charge in [-0.1, -0.05) is 42.5 Å². The molecule has 1 N–H and O–H groups in total. The lowest BCUT2D eigenvalue weighted by molar-refractivity contribution is 0.282. The fraction of sp³-hybridized carbons (Fsp3) is 0.368. The first-order chi connectivity index (χ1) is 10.4. The quantitative estimate of drug-likeness (QED) is 0.915. The Hall–Kier alpha value is -1.80. The Kier molecular flexibility index (Phi) is 4.56. The van der Waals surface area contributed by atoms with Crippen LogP contribution in [0, 0.1) is 5.92 Å². The van der Waals surface area contributed by atoms with Gasteiger partial charge in [-0.05, 0) is 55.0 Å². The lowest BCUT2D eigenvalue weighted by atomic mass is 9.82. The second-order valence-electron chi connectivity index (χ2n) is 5.80. The molecule has 1 fully saturated rings. The summed E-state index contributed by atoms with van der Waals surface area (Å²) in [7, 11) is 1.73. The molecule has 110 valence electrons. The highest BCUT2D eigenvalue weighted by Crippen LogP contribution is 2.32. The van der Waals surface area contributed by atoms with E-state index in [1.54, 1.807) is 7.11 Å². The molecule has 0 radical (unpaired) electrons. The van der Waals surface area contributed by atoms with Gasteiger partial charge in [0.1, 0.15) is 5.75 Å². The lowest BCUT2D eigenvalue weighted by Gasteiger charge is -2.33. The fourth-order valence-corrected chi connectivity index (χ4v) is 3.33. The summed E-state index contributed by atoms with van der Waals surface area (Å²) in [6.45, 7) is 1.12. The maximum atomic E-state index is 5.34. The Labute approximate surface area is 127 Å². The van der Waals surface area contributed by atoms with E-state index in [9.17, 15) is 0 Å². The zero-order chi connectivity index (χ0) is 14.5. The van der Waals surface area contributed by atoms with E-state index in [2.05, 4.69) is 53.8 Å². The molecule has 3 rings (SSSR count). The maximum absolute atomic E-state index is 5.34. The highest BCUT2D eigenvalue weighted by atomic mass is 16.5. The van der Waals surface area contributed by atoms with Crippen molar-refractivity contribution < 1.29 is 4.74 Å². The molecule has 1 heterocycles. The summed E-state index contributed by atoms with van der Waals surface area (Å²) in [5, 5.41) is 3.70. The Morgan fingerprint density at radius 3 is 2.76 bits per heavy atom. The summed E-state index contributed by atoms with van der Waals surface area (Å²) in [6.07, 6.45) is 3.64. The van der Waals surface area contributed by atoms with E-state index in [0.717, 1.165) is 18.7 Å². The Morgan fingerprint density at radius 1 is 1.10 bits per heavy atom. The van der Waals surface area contributed by atoms with E-state index in [1.165, 1.54) is 24.0 Å². The van der Waals surface area contributed by atoms with E-state index in [-0.39, 0.29) is 0 Å². The highest BCUT2D eigenvalue weighted by Gasteiger charge is 2.26. The molecule has 0 saturated carbocycles. The van der Waals surface area contributed by atoms with Crippen LogP contribution in [0.3, 0.4) is 0 Å². The number of methoxy groups -OCH3 is 1. The summed E-state index contributed by atoms with van der Waals surface area (Å²) in [6, 6.07) is 19.8. The van der Waals surface area contributed by atoms with Crippen LogP contribution >= 0.6 is 0 Å². The molecule has 0 aromatic heterocycles. The van der Waals surface area contributed by atoms with Gasteiger partial charge in [0.2, 0.25) is 0 Å².